The second-order valence-electron chi connectivity index (χ2n) is 4.57. The van der Waals surface area contributed by atoms with E-state index in [2.05, 4.69) is 20.6 Å². The van der Waals surface area contributed by atoms with Gasteiger partial charge in [0, 0.05) is 18.0 Å². The summed E-state index contributed by atoms with van der Waals surface area (Å²) in [7, 11) is 0. The first-order valence-electron chi connectivity index (χ1n) is 6.56. The molecule has 2 heterocycles. The van der Waals surface area contributed by atoms with Gasteiger partial charge in [0.2, 0.25) is 5.84 Å². The molecule has 0 unspecified atom stereocenters. The van der Waals surface area contributed by atoms with Crippen LogP contribution in [0, 0.1) is 0 Å². The van der Waals surface area contributed by atoms with Crippen molar-refractivity contribution in [1.29, 1.82) is 0 Å². The van der Waals surface area contributed by atoms with Crippen LogP contribution in [0.3, 0.4) is 0 Å². The van der Waals surface area contributed by atoms with Crippen LogP contribution in [0.15, 0.2) is 35.5 Å². The molecule has 0 spiro atoms. The number of aliphatic imine (C=N–C) groups is 1. The number of aromatic amines is 1. The second kappa shape index (κ2) is 6.24. The third kappa shape index (κ3) is 3.40. The van der Waals surface area contributed by atoms with Gasteiger partial charge < -0.3 is 5.32 Å². The Kier molecular flexibility index (Phi) is 4.17. The van der Waals surface area contributed by atoms with Crippen LogP contribution in [-0.2, 0) is 11.2 Å². The third-order valence-electron chi connectivity index (χ3n) is 3.04. The zero-order chi connectivity index (χ0) is 14.7. The van der Waals surface area contributed by atoms with E-state index in [1.807, 2.05) is 30.5 Å². The van der Waals surface area contributed by atoms with Crippen LogP contribution in [-0.4, -0.2) is 24.8 Å². The van der Waals surface area contributed by atoms with Gasteiger partial charge in [-0.3, -0.25) is 4.99 Å². The fraction of sp³-hybridized carbons (Fsp3) is 0.214. The lowest BCUT2D eigenvalue weighted by Gasteiger charge is -1.99. The van der Waals surface area contributed by atoms with Crippen LogP contribution in [0.4, 0.5) is 5.13 Å². The van der Waals surface area contributed by atoms with Crippen LogP contribution >= 0.6 is 22.9 Å². The zero-order valence-electron chi connectivity index (χ0n) is 11.1. The summed E-state index contributed by atoms with van der Waals surface area (Å²) in [6.45, 7) is 1.36. The molecule has 1 aliphatic rings. The minimum Gasteiger partial charge on any atom is -0.362 e. The fourth-order valence-corrected chi connectivity index (χ4v) is 3.10. The molecule has 1 aliphatic heterocycles. The van der Waals surface area contributed by atoms with Gasteiger partial charge in [0.05, 0.1) is 11.4 Å². The molecule has 1 aromatic carbocycles. The predicted molar refractivity (Wildman–Crippen MR) is 84.1 cm³/mol. The van der Waals surface area contributed by atoms with E-state index in [1.54, 1.807) is 0 Å². The number of amides is 1. The molecule has 2 aromatic rings. The maximum Gasteiger partial charge on any atom is 0.374 e. The van der Waals surface area contributed by atoms with Gasteiger partial charge in [0.1, 0.15) is 6.20 Å². The number of nitrogens with zero attached hydrogens (tertiary/aromatic N) is 1. The van der Waals surface area contributed by atoms with Crippen molar-refractivity contribution in [2.75, 3.05) is 18.4 Å². The van der Waals surface area contributed by atoms with E-state index in [9.17, 15) is 4.79 Å². The minimum absolute atomic E-state index is 0.213. The van der Waals surface area contributed by atoms with E-state index >= 15 is 0 Å². The van der Waals surface area contributed by atoms with Gasteiger partial charge in [-0.15, -0.1) is 0 Å². The van der Waals surface area contributed by atoms with E-state index in [-0.39, 0.29) is 5.91 Å². The SMILES string of the molecule is O=C(Nc1[nH+]cc(Cc2ccccc2Cl)s1)C1=NCCN1. The highest BCUT2D eigenvalue weighted by atomic mass is 35.5. The Morgan fingerprint density at radius 3 is 3.10 bits per heavy atom. The summed E-state index contributed by atoms with van der Waals surface area (Å²) in [5, 5.41) is 7.19. The second-order valence-corrected chi connectivity index (χ2v) is 6.11. The topological polar surface area (TPSA) is 67.6 Å². The van der Waals surface area contributed by atoms with Gasteiger partial charge in [0.15, 0.2) is 0 Å². The lowest BCUT2D eigenvalue weighted by Crippen LogP contribution is -2.33. The van der Waals surface area contributed by atoms with Crippen LogP contribution in [0.5, 0.6) is 0 Å². The summed E-state index contributed by atoms with van der Waals surface area (Å²) in [5.74, 6) is 0.180. The van der Waals surface area contributed by atoms with E-state index in [1.165, 1.54) is 11.3 Å². The number of nitrogens with one attached hydrogen (secondary N) is 3. The summed E-state index contributed by atoms with van der Waals surface area (Å²) >= 11 is 7.65. The van der Waals surface area contributed by atoms with Crippen molar-refractivity contribution < 1.29 is 9.78 Å². The Hall–Kier alpha value is -1.92. The number of aromatic nitrogens is 1. The molecule has 21 heavy (non-hydrogen) atoms. The summed E-state index contributed by atoms with van der Waals surface area (Å²) in [4.78, 5) is 20.1. The largest absolute Gasteiger partial charge is 0.374 e. The molecule has 7 heteroatoms. The normalized spacial score (nSPS) is 13.7. The lowest BCUT2D eigenvalue weighted by molar-refractivity contribution is -0.354. The molecule has 0 aliphatic carbocycles. The summed E-state index contributed by atoms with van der Waals surface area (Å²) in [6, 6.07) is 7.75. The van der Waals surface area contributed by atoms with E-state index in [0.29, 0.717) is 24.1 Å². The molecule has 3 N–H and O–H groups in total. The Morgan fingerprint density at radius 2 is 2.33 bits per heavy atom. The number of carbonyl (C=O) groups excluding carboxylic acids is 1. The van der Waals surface area contributed by atoms with Crippen LogP contribution < -0.4 is 15.6 Å². The van der Waals surface area contributed by atoms with Crippen LogP contribution in [0.2, 0.25) is 5.02 Å². The van der Waals surface area contributed by atoms with Crippen molar-refractivity contribution in [2.24, 2.45) is 4.99 Å². The van der Waals surface area contributed by atoms with Gasteiger partial charge in [0.25, 0.3) is 0 Å². The number of rotatable bonds is 4. The molecule has 108 valence electrons. The molecule has 1 aromatic heterocycles. The van der Waals surface area contributed by atoms with Gasteiger partial charge in [-0.2, -0.15) is 5.32 Å². The van der Waals surface area contributed by atoms with E-state index in [4.69, 9.17) is 11.6 Å². The number of hydrogen-bond donors (Lipinski definition) is 2. The first-order valence-corrected chi connectivity index (χ1v) is 7.75. The first kappa shape index (κ1) is 14.0. The number of benzene rings is 1. The number of H-pyrrole nitrogens is 1. The zero-order valence-corrected chi connectivity index (χ0v) is 12.7. The van der Waals surface area contributed by atoms with E-state index in [0.717, 1.165) is 21.9 Å². The third-order valence-corrected chi connectivity index (χ3v) is 4.35. The summed E-state index contributed by atoms with van der Waals surface area (Å²) in [5.41, 5.74) is 1.06. The molecule has 1 amide bonds. The predicted octanol–water partition coefficient (Wildman–Crippen LogP) is 1.75. The molecule has 0 radical (unpaired) electrons. The summed E-state index contributed by atoms with van der Waals surface area (Å²) < 4.78 is 0. The number of hydrogen-bond acceptors (Lipinski definition) is 4. The average Bonchev–Trinajstić information content (AvgIpc) is 3.13. The number of anilines is 1. The van der Waals surface area contributed by atoms with Crippen molar-refractivity contribution in [3.05, 3.63) is 45.9 Å². The van der Waals surface area contributed by atoms with Crippen molar-refractivity contribution in [1.82, 2.24) is 5.32 Å². The molecular weight excluding hydrogens is 308 g/mol. The van der Waals surface area contributed by atoms with Gasteiger partial charge in [-0.05, 0) is 11.6 Å². The van der Waals surface area contributed by atoms with Crippen molar-refractivity contribution in [3.8, 4) is 0 Å². The molecule has 0 fully saturated rings. The molecular formula is C14H14ClN4OS+. The molecule has 0 saturated heterocycles. The summed E-state index contributed by atoms with van der Waals surface area (Å²) in [6.07, 6.45) is 2.61. The van der Waals surface area contributed by atoms with E-state index < -0.39 is 0 Å². The van der Waals surface area contributed by atoms with Gasteiger partial charge >= 0.3 is 11.0 Å². The Morgan fingerprint density at radius 1 is 1.48 bits per heavy atom. The molecule has 0 saturated carbocycles. The quantitative estimate of drug-likeness (QED) is 0.901. The molecule has 0 atom stereocenters. The smallest absolute Gasteiger partial charge is 0.362 e. The monoisotopic (exact) mass is 321 g/mol. The van der Waals surface area contributed by atoms with Gasteiger partial charge in [-0.1, -0.05) is 41.1 Å². The van der Waals surface area contributed by atoms with Crippen LogP contribution in [0.1, 0.15) is 10.4 Å². The molecule has 3 rings (SSSR count). The van der Waals surface area contributed by atoms with Crippen molar-refractivity contribution >= 4 is 39.8 Å². The maximum atomic E-state index is 11.9. The standard InChI is InChI=1S/C14H13ClN4OS/c15-11-4-2-1-3-9(11)7-10-8-18-14(21-10)19-13(20)12-16-5-6-17-12/h1-4,8H,5-7H2,(H,16,17)(H,18,19,20)/p+1. The van der Waals surface area contributed by atoms with Crippen molar-refractivity contribution in [3.63, 3.8) is 0 Å². The molecule has 0 bridgehead atoms. The van der Waals surface area contributed by atoms with Gasteiger partial charge in [-0.25, -0.2) is 9.78 Å². The number of thiazole rings is 1. The average molecular weight is 322 g/mol. The Labute approximate surface area is 131 Å². The Balaban J connectivity index is 1.66. The highest BCUT2D eigenvalue weighted by Gasteiger charge is 2.21. The highest BCUT2D eigenvalue weighted by molar-refractivity contribution is 7.15. The maximum absolute atomic E-state index is 11.9. The lowest BCUT2D eigenvalue weighted by atomic mass is 10.1. The van der Waals surface area contributed by atoms with Crippen molar-refractivity contribution in [2.45, 2.75) is 6.42 Å². The van der Waals surface area contributed by atoms with Crippen LogP contribution in [0.25, 0.3) is 0 Å². The number of halogens is 1. The number of amidine groups is 1. The minimum atomic E-state index is -0.213. The highest BCUT2D eigenvalue weighted by Crippen LogP contribution is 2.22. The number of carbonyl (C=O) groups is 1. The Bertz CT molecular complexity index is 698. The first-order chi connectivity index (χ1) is 10.2. The fourth-order valence-electron chi connectivity index (χ4n) is 2.03. The molecule has 5 nitrogen and oxygen atoms in total.